The number of aromatic nitrogens is 1. The summed E-state index contributed by atoms with van der Waals surface area (Å²) in [6, 6.07) is 9.38. The average Bonchev–Trinajstić information content (AvgIpc) is 2.41. The van der Waals surface area contributed by atoms with Gasteiger partial charge in [0.05, 0.1) is 19.0 Å². The van der Waals surface area contributed by atoms with Gasteiger partial charge < -0.3 is 10.1 Å². The molecule has 98 valence electrons. The Labute approximate surface area is 109 Å². The molecular weight excluding hydrogens is 249 g/mol. The van der Waals surface area contributed by atoms with E-state index in [2.05, 4.69) is 20.4 Å². The lowest BCUT2D eigenvalue weighted by atomic mass is 10.3. The van der Waals surface area contributed by atoms with Crippen molar-refractivity contribution in [2.24, 2.45) is 0 Å². The van der Waals surface area contributed by atoms with Crippen LogP contribution in [0.3, 0.4) is 0 Å². The molecule has 5 nitrogen and oxygen atoms in total. The van der Waals surface area contributed by atoms with Crippen LogP contribution in [0.5, 0.6) is 0 Å². The van der Waals surface area contributed by atoms with Crippen LogP contribution in [0.15, 0.2) is 42.6 Å². The number of carbonyl (C=O) groups excluding carboxylic acids is 1. The maximum Gasteiger partial charge on any atom is 0.411 e. The van der Waals surface area contributed by atoms with Gasteiger partial charge in [-0.2, -0.15) is 0 Å². The fourth-order valence-electron chi connectivity index (χ4n) is 1.42. The van der Waals surface area contributed by atoms with Crippen molar-refractivity contribution < 1.29 is 13.9 Å². The molecule has 1 amide bonds. The molecule has 2 aromatic rings. The van der Waals surface area contributed by atoms with Crippen molar-refractivity contribution in [1.82, 2.24) is 4.98 Å². The van der Waals surface area contributed by atoms with Crippen LogP contribution >= 0.6 is 0 Å². The first kappa shape index (κ1) is 12.8. The van der Waals surface area contributed by atoms with E-state index in [0.717, 1.165) is 0 Å². The maximum atomic E-state index is 13.0. The van der Waals surface area contributed by atoms with Gasteiger partial charge in [0.2, 0.25) is 0 Å². The summed E-state index contributed by atoms with van der Waals surface area (Å²) < 4.78 is 17.5. The van der Waals surface area contributed by atoms with Gasteiger partial charge in [-0.1, -0.05) is 6.07 Å². The number of pyridine rings is 1. The first-order valence-electron chi connectivity index (χ1n) is 5.51. The minimum Gasteiger partial charge on any atom is -0.453 e. The summed E-state index contributed by atoms with van der Waals surface area (Å²) in [5.41, 5.74) is 1.11. The molecular formula is C13H12FN3O2. The number of methoxy groups -OCH3 is 1. The van der Waals surface area contributed by atoms with Crippen LogP contribution in [0.4, 0.5) is 26.4 Å². The molecule has 0 spiro atoms. The van der Waals surface area contributed by atoms with Crippen LogP contribution < -0.4 is 10.6 Å². The molecule has 0 atom stereocenters. The Morgan fingerprint density at radius 3 is 2.74 bits per heavy atom. The van der Waals surface area contributed by atoms with E-state index in [-0.39, 0.29) is 5.82 Å². The summed E-state index contributed by atoms with van der Waals surface area (Å²) in [6.45, 7) is 0. The highest BCUT2D eigenvalue weighted by Crippen LogP contribution is 2.16. The Morgan fingerprint density at radius 1 is 1.26 bits per heavy atom. The van der Waals surface area contributed by atoms with Crippen molar-refractivity contribution in [3.8, 4) is 0 Å². The predicted molar refractivity (Wildman–Crippen MR) is 69.9 cm³/mol. The van der Waals surface area contributed by atoms with E-state index in [1.54, 1.807) is 24.3 Å². The fraction of sp³-hybridized carbons (Fsp3) is 0.0769. The third-order valence-corrected chi connectivity index (χ3v) is 2.29. The van der Waals surface area contributed by atoms with Crippen LogP contribution in [0.2, 0.25) is 0 Å². The Balaban J connectivity index is 2.04. The van der Waals surface area contributed by atoms with E-state index in [4.69, 9.17) is 0 Å². The number of ether oxygens (including phenoxy) is 1. The van der Waals surface area contributed by atoms with E-state index in [9.17, 15) is 9.18 Å². The number of hydrogen-bond acceptors (Lipinski definition) is 4. The van der Waals surface area contributed by atoms with Crippen LogP contribution in [0.25, 0.3) is 0 Å². The minimum absolute atomic E-state index is 0.325. The number of amides is 1. The largest absolute Gasteiger partial charge is 0.453 e. The zero-order valence-electron chi connectivity index (χ0n) is 10.2. The van der Waals surface area contributed by atoms with Gasteiger partial charge in [0.15, 0.2) is 0 Å². The Hall–Kier alpha value is -2.63. The molecule has 0 saturated carbocycles. The van der Waals surface area contributed by atoms with Crippen LogP contribution in [-0.2, 0) is 4.74 Å². The topological polar surface area (TPSA) is 63.2 Å². The lowest BCUT2D eigenvalue weighted by Crippen LogP contribution is -2.11. The summed E-state index contributed by atoms with van der Waals surface area (Å²) in [5, 5.41) is 5.42. The molecule has 2 rings (SSSR count). The van der Waals surface area contributed by atoms with E-state index in [1.807, 2.05) is 0 Å². The molecule has 0 radical (unpaired) electrons. The number of hydrogen-bond donors (Lipinski definition) is 2. The van der Waals surface area contributed by atoms with E-state index >= 15 is 0 Å². The SMILES string of the molecule is COC(=O)Nc1ccc(Nc2cccc(F)c2)nc1. The summed E-state index contributed by atoms with van der Waals surface area (Å²) in [4.78, 5) is 15.1. The average molecular weight is 261 g/mol. The van der Waals surface area contributed by atoms with Crippen molar-refractivity contribution in [1.29, 1.82) is 0 Å². The van der Waals surface area contributed by atoms with Crippen molar-refractivity contribution in [2.45, 2.75) is 0 Å². The van der Waals surface area contributed by atoms with Gasteiger partial charge in [0.25, 0.3) is 0 Å². The lowest BCUT2D eigenvalue weighted by molar-refractivity contribution is 0.187. The van der Waals surface area contributed by atoms with Crippen LogP contribution in [0.1, 0.15) is 0 Å². The highest BCUT2D eigenvalue weighted by Gasteiger charge is 2.02. The Bertz CT molecular complexity index is 572. The molecule has 0 saturated heterocycles. The Morgan fingerprint density at radius 2 is 2.11 bits per heavy atom. The molecule has 19 heavy (non-hydrogen) atoms. The normalized spacial score (nSPS) is 9.79. The quantitative estimate of drug-likeness (QED) is 0.890. The second-order valence-corrected chi connectivity index (χ2v) is 3.68. The number of halogens is 1. The standard InChI is InChI=1S/C13H12FN3O2/c1-19-13(18)17-11-5-6-12(15-8-11)16-10-4-2-3-9(14)7-10/h2-8H,1H3,(H,15,16)(H,17,18). The molecule has 0 aliphatic carbocycles. The molecule has 0 aliphatic heterocycles. The molecule has 0 aliphatic rings. The van der Waals surface area contributed by atoms with Gasteiger partial charge in [-0.15, -0.1) is 0 Å². The monoisotopic (exact) mass is 261 g/mol. The smallest absolute Gasteiger partial charge is 0.411 e. The van der Waals surface area contributed by atoms with Gasteiger partial charge >= 0.3 is 6.09 Å². The van der Waals surface area contributed by atoms with Crippen molar-refractivity contribution in [3.05, 3.63) is 48.4 Å². The third-order valence-electron chi connectivity index (χ3n) is 2.29. The van der Waals surface area contributed by atoms with Gasteiger partial charge in [0.1, 0.15) is 11.6 Å². The van der Waals surface area contributed by atoms with E-state index in [0.29, 0.717) is 17.2 Å². The van der Waals surface area contributed by atoms with Crippen molar-refractivity contribution in [2.75, 3.05) is 17.7 Å². The van der Waals surface area contributed by atoms with Gasteiger partial charge in [-0.05, 0) is 30.3 Å². The number of rotatable bonds is 3. The highest BCUT2D eigenvalue weighted by molar-refractivity contribution is 5.84. The van der Waals surface area contributed by atoms with Crippen molar-refractivity contribution in [3.63, 3.8) is 0 Å². The molecule has 1 heterocycles. The second kappa shape index (κ2) is 5.81. The molecule has 0 bridgehead atoms. The summed E-state index contributed by atoms with van der Waals surface area (Å²) in [5.74, 6) is 0.218. The third kappa shape index (κ3) is 3.67. The highest BCUT2D eigenvalue weighted by atomic mass is 19.1. The molecule has 0 unspecified atom stereocenters. The lowest BCUT2D eigenvalue weighted by Gasteiger charge is -2.07. The number of carbonyl (C=O) groups is 1. The number of nitrogens with zero attached hydrogens (tertiary/aromatic N) is 1. The van der Waals surface area contributed by atoms with Crippen LogP contribution in [-0.4, -0.2) is 18.2 Å². The molecule has 1 aromatic carbocycles. The summed E-state index contributed by atoms with van der Waals surface area (Å²) in [7, 11) is 1.28. The zero-order chi connectivity index (χ0) is 13.7. The second-order valence-electron chi connectivity index (χ2n) is 3.68. The first-order chi connectivity index (χ1) is 9.17. The number of nitrogens with one attached hydrogen (secondary N) is 2. The van der Waals surface area contributed by atoms with Gasteiger partial charge in [-0.25, -0.2) is 14.2 Å². The Kier molecular flexibility index (Phi) is 3.92. The maximum absolute atomic E-state index is 13.0. The molecule has 0 fully saturated rings. The van der Waals surface area contributed by atoms with Crippen molar-refractivity contribution >= 4 is 23.3 Å². The molecule has 1 aromatic heterocycles. The first-order valence-corrected chi connectivity index (χ1v) is 5.51. The predicted octanol–water partition coefficient (Wildman–Crippen LogP) is 3.14. The minimum atomic E-state index is -0.562. The van der Waals surface area contributed by atoms with Crippen LogP contribution in [0, 0.1) is 5.82 Å². The zero-order valence-corrected chi connectivity index (χ0v) is 10.2. The fourth-order valence-corrected chi connectivity index (χ4v) is 1.42. The van der Waals surface area contributed by atoms with Gasteiger partial charge in [0, 0.05) is 5.69 Å². The summed E-state index contributed by atoms with van der Waals surface area (Å²) in [6.07, 6.45) is 0.908. The number of benzene rings is 1. The van der Waals surface area contributed by atoms with E-state index < -0.39 is 6.09 Å². The van der Waals surface area contributed by atoms with E-state index in [1.165, 1.54) is 25.4 Å². The van der Waals surface area contributed by atoms with Gasteiger partial charge in [-0.3, -0.25) is 5.32 Å². The molecule has 2 N–H and O–H groups in total. The number of anilines is 3. The molecule has 6 heteroatoms. The summed E-state index contributed by atoms with van der Waals surface area (Å²) >= 11 is 0.